The van der Waals surface area contributed by atoms with E-state index in [1.54, 1.807) is 31.4 Å². The molecule has 0 unspecified atom stereocenters. The van der Waals surface area contributed by atoms with Crippen molar-refractivity contribution in [3.63, 3.8) is 0 Å². The molecule has 1 heterocycles. The molecule has 2 rings (SSSR count). The van der Waals surface area contributed by atoms with Gasteiger partial charge in [-0.25, -0.2) is 14.4 Å². The van der Waals surface area contributed by atoms with Gasteiger partial charge in [0.25, 0.3) is 0 Å². The molecule has 0 fully saturated rings. The molecule has 0 atom stereocenters. The van der Waals surface area contributed by atoms with E-state index in [4.69, 9.17) is 0 Å². The van der Waals surface area contributed by atoms with Crippen molar-refractivity contribution in [2.24, 2.45) is 0 Å². The van der Waals surface area contributed by atoms with Gasteiger partial charge in [0.15, 0.2) is 0 Å². The minimum absolute atomic E-state index is 0.256. The standard InChI is InChI=1S/C11H9BrFN3S/c1-14-11-15-6-7(12)10(16-11)17-9-5-3-2-4-8(9)13/h2-6H,1H3,(H,14,15,16). The van der Waals surface area contributed by atoms with Crippen molar-refractivity contribution >= 4 is 33.6 Å². The fourth-order valence-electron chi connectivity index (χ4n) is 1.18. The molecular formula is C11H9BrFN3S. The molecule has 0 aliphatic carbocycles. The van der Waals surface area contributed by atoms with Crippen LogP contribution in [0.5, 0.6) is 0 Å². The van der Waals surface area contributed by atoms with E-state index < -0.39 is 0 Å². The summed E-state index contributed by atoms with van der Waals surface area (Å²) < 4.78 is 14.2. The van der Waals surface area contributed by atoms with E-state index in [9.17, 15) is 4.39 Å². The van der Waals surface area contributed by atoms with Crippen LogP contribution in [0.3, 0.4) is 0 Å². The average molecular weight is 314 g/mol. The first-order chi connectivity index (χ1) is 8.20. The molecule has 3 nitrogen and oxygen atoms in total. The number of aromatic nitrogens is 2. The van der Waals surface area contributed by atoms with E-state index in [0.717, 1.165) is 4.47 Å². The van der Waals surface area contributed by atoms with E-state index in [2.05, 4.69) is 31.2 Å². The maximum atomic E-state index is 13.5. The summed E-state index contributed by atoms with van der Waals surface area (Å²) >= 11 is 4.60. The van der Waals surface area contributed by atoms with Crippen molar-refractivity contribution in [1.29, 1.82) is 0 Å². The summed E-state index contributed by atoms with van der Waals surface area (Å²) in [6, 6.07) is 6.59. The van der Waals surface area contributed by atoms with Crippen LogP contribution in [0.2, 0.25) is 0 Å². The molecule has 17 heavy (non-hydrogen) atoms. The summed E-state index contributed by atoms with van der Waals surface area (Å²) in [5.74, 6) is 0.251. The summed E-state index contributed by atoms with van der Waals surface area (Å²) in [5, 5.41) is 3.52. The van der Waals surface area contributed by atoms with E-state index in [1.807, 2.05) is 0 Å². The smallest absolute Gasteiger partial charge is 0.223 e. The lowest BCUT2D eigenvalue weighted by Gasteiger charge is -2.06. The van der Waals surface area contributed by atoms with Gasteiger partial charge in [-0.2, -0.15) is 0 Å². The topological polar surface area (TPSA) is 37.8 Å². The summed E-state index contributed by atoms with van der Waals surface area (Å²) in [4.78, 5) is 8.84. The highest BCUT2D eigenvalue weighted by Crippen LogP contribution is 2.33. The SMILES string of the molecule is CNc1ncc(Br)c(Sc2ccccc2F)n1. The summed E-state index contributed by atoms with van der Waals surface area (Å²) in [7, 11) is 1.74. The lowest BCUT2D eigenvalue weighted by Crippen LogP contribution is -1.97. The van der Waals surface area contributed by atoms with Gasteiger partial charge < -0.3 is 5.32 Å². The van der Waals surface area contributed by atoms with Crippen LogP contribution in [-0.2, 0) is 0 Å². The molecule has 1 aromatic heterocycles. The monoisotopic (exact) mass is 313 g/mol. The van der Waals surface area contributed by atoms with Gasteiger partial charge in [-0.05, 0) is 28.1 Å². The minimum atomic E-state index is -0.256. The van der Waals surface area contributed by atoms with Gasteiger partial charge in [-0.15, -0.1) is 0 Å². The molecule has 0 aliphatic rings. The summed E-state index contributed by atoms with van der Waals surface area (Å²) in [5.41, 5.74) is 0. The van der Waals surface area contributed by atoms with Crippen molar-refractivity contribution in [1.82, 2.24) is 9.97 Å². The average Bonchev–Trinajstić information content (AvgIpc) is 2.35. The number of anilines is 1. The summed E-state index contributed by atoms with van der Waals surface area (Å²) in [6.07, 6.45) is 1.64. The molecule has 2 aromatic rings. The van der Waals surface area contributed by atoms with Gasteiger partial charge in [0.2, 0.25) is 5.95 Å². The third-order valence-corrected chi connectivity index (χ3v) is 3.88. The van der Waals surface area contributed by atoms with Crippen LogP contribution in [0.4, 0.5) is 10.3 Å². The Kier molecular flexibility index (Phi) is 3.96. The second kappa shape index (κ2) is 5.46. The molecule has 0 saturated carbocycles. The zero-order chi connectivity index (χ0) is 12.3. The van der Waals surface area contributed by atoms with E-state index >= 15 is 0 Å². The number of nitrogens with one attached hydrogen (secondary N) is 1. The van der Waals surface area contributed by atoms with Crippen LogP contribution in [-0.4, -0.2) is 17.0 Å². The van der Waals surface area contributed by atoms with Gasteiger partial charge in [0.05, 0.1) is 4.47 Å². The molecule has 6 heteroatoms. The Morgan fingerprint density at radius 1 is 1.35 bits per heavy atom. The molecule has 88 valence electrons. The fourth-order valence-corrected chi connectivity index (χ4v) is 2.41. The third kappa shape index (κ3) is 2.95. The predicted molar refractivity (Wildman–Crippen MR) is 69.8 cm³/mol. The van der Waals surface area contributed by atoms with Crippen LogP contribution in [0, 0.1) is 5.82 Å². The Bertz CT molecular complexity index is 536. The molecule has 0 saturated heterocycles. The van der Waals surface area contributed by atoms with E-state index in [-0.39, 0.29) is 5.82 Å². The van der Waals surface area contributed by atoms with Crippen LogP contribution in [0.15, 0.2) is 44.9 Å². The Balaban J connectivity index is 2.32. The lowest BCUT2D eigenvalue weighted by atomic mass is 10.3. The number of hydrogen-bond acceptors (Lipinski definition) is 4. The molecule has 0 bridgehead atoms. The second-order valence-electron chi connectivity index (χ2n) is 3.13. The van der Waals surface area contributed by atoms with E-state index in [0.29, 0.717) is 15.9 Å². The normalized spacial score (nSPS) is 10.3. The number of halogens is 2. The maximum absolute atomic E-state index is 13.5. The second-order valence-corrected chi connectivity index (χ2v) is 5.01. The van der Waals surface area contributed by atoms with E-state index in [1.165, 1.54) is 17.8 Å². The lowest BCUT2D eigenvalue weighted by molar-refractivity contribution is 0.602. The first-order valence-electron chi connectivity index (χ1n) is 4.83. The number of nitrogens with zero attached hydrogens (tertiary/aromatic N) is 2. The van der Waals surface area contributed by atoms with Gasteiger partial charge in [0, 0.05) is 18.1 Å². The van der Waals surface area contributed by atoms with Crippen LogP contribution < -0.4 is 5.32 Å². The highest BCUT2D eigenvalue weighted by molar-refractivity contribution is 9.10. The van der Waals surface area contributed by atoms with Gasteiger partial charge in [0.1, 0.15) is 10.8 Å². The van der Waals surface area contributed by atoms with Gasteiger partial charge >= 0.3 is 0 Å². The van der Waals surface area contributed by atoms with Gasteiger partial charge in [-0.3, -0.25) is 0 Å². The molecule has 1 aromatic carbocycles. The fraction of sp³-hybridized carbons (Fsp3) is 0.0909. The zero-order valence-corrected chi connectivity index (χ0v) is 11.3. The van der Waals surface area contributed by atoms with Crippen molar-refractivity contribution in [3.05, 3.63) is 40.8 Å². The Hall–Kier alpha value is -1.14. The van der Waals surface area contributed by atoms with Crippen molar-refractivity contribution < 1.29 is 4.39 Å². The maximum Gasteiger partial charge on any atom is 0.223 e. The molecule has 0 radical (unpaired) electrons. The largest absolute Gasteiger partial charge is 0.357 e. The van der Waals surface area contributed by atoms with Crippen molar-refractivity contribution in [2.45, 2.75) is 9.92 Å². The number of rotatable bonds is 3. The third-order valence-electron chi connectivity index (χ3n) is 1.98. The van der Waals surface area contributed by atoms with Crippen molar-refractivity contribution in [3.8, 4) is 0 Å². The number of benzene rings is 1. The van der Waals surface area contributed by atoms with Crippen LogP contribution >= 0.6 is 27.7 Å². The van der Waals surface area contributed by atoms with Crippen LogP contribution in [0.25, 0.3) is 0 Å². The molecular weight excluding hydrogens is 305 g/mol. The Labute approximate surface area is 111 Å². The molecule has 1 N–H and O–H groups in total. The quantitative estimate of drug-likeness (QED) is 0.879. The highest BCUT2D eigenvalue weighted by atomic mass is 79.9. The molecule has 0 aliphatic heterocycles. The first kappa shape index (κ1) is 12.3. The molecule has 0 spiro atoms. The predicted octanol–water partition coefficient (Wildman–Crippen LogP) is 3.57. The Morgan fingerprint density at radius 3 is 2.82 bits per heavy atom. The molecule has 0 amide bonds. The summed E-state index contributed by atoms with van der Waals surface area (Å²) in [6.45, 7) is 0. The minimum Gasteiger partial charge on any atom is -0.357 e. The first-order valence-corrected chi connectivity index (χ1v) is 6.44. The highest BCUT2D eigenvalue weighted by Gasteiger charge is 2.09. The van der Waals surface area contributed by atoms with Crippen LogP contribution in [0.1, 0.15) is 0 Å². The van der Waals surface area contributed by atoms with Crippen molar-refractivity contribution in [2.75, 3.05) is 12.4 Å². The Morgan fingerprint density at radius 2 is 2.12 bits per heavy atom. The number of hydrogen-bond donors (Lipinski definition) is 1. The van der Waals surface area contributed by atoms with Gasteiger partial charge in [-0.1, -0.05) is 23.9 Å². The zero-order valence-electron chi connectivity index (χ0n) is 8.95.